The fraction of sp³-hybridized carbons (Fsp3) is 0.714. The van der Waals surface area contributed by atoms with Gasteiger partial charge in [-0.2, -0.15) is 0 Å². The number of carbonyl (C=O) groups excluding carboxylic acids is 5. The van der Waals surface area contributed by atoms with E-state index in [4.69, 9.17) is 23.7 Å². The summed E-state index contributed by atoms with van der Waals surface area (Å²) in [6.07, 6.45) is 0.999. The van der Waals surface area contributed by atoms with Crippen LogP contribution in [0.5, 0.6) is 0 Å². The minimum absolute atomic E-state index is 0.360. The van der Waals surface area contributed by atoms with E-state index in [0.29, 0.717) is 42.1 Å². The van der Waals surface area contributed by atoms with E-state index in [9.17, 15) is 19.2 Å². The summed E-state index contributed by atoms with van der Waals surface area (Å²) in [5.74, 6) is -2.15. The van der Waals surface area contributed by atoms with Crippen molar-refractivity contribution in [3.05, 3.63) is 11.6 Å². The van der Waals surface area contributed by atoms with Gasteiger partial charge in [-0.15, -0.1) is 11.3 Å². The van der Waals surface area contributed by atoms with Crippen LogP contribution >= 0.6 is 11.3 Å². The number of aromatic nitrogens is 1. The van der Waals surface area contributed by atoms with Gasteiger partial charge in [-0.05, 0) is 56.3 Å². The Morgan fingerprint density at radius 3 is 1.93 bits per heavy atom. The van der Waals surface area contributed by atoms with Crippen molar-refractivity contribution in [1.82, 2.24) is 4.98 Å². The molecule has 1 aromatic rings. The van der Waals surface area contributed by atoms with Gasteiger partial charge in [0.2, 0.25) is 5.60 Å². The van der Waals surface area contributed by atoms with E-state index < -0.39 is 66.0 Å². The molecule has 224 valence electrons. The molecule has 0 radical (unpaired) electrons. The van der Waals surface area contributed by atoms with Gasteiger partial charge in [0, 0.05) is 44.7 Å². The zero-order chi connectivity index (χ0) is 29.5. The summed E-state index contributed by atoms with van der Waals surface area (Å²) in [6, 6.07) is 0. The molecule has 13 heteroatoms. The van der Waals surface area contributed by atoms with Gasteiger partial charge in [0.1, 0.15) is 6.61 Å². The van der Waals surface area contributed by atoms with Gasteiger partial charge in [-0.25, -0.2) is 4.98 Å². The molecule has 1 aromatic heterocycles. The highest BCUT2D eigenvalue weighted by Gasteiger charge is 2.69. The van der Waals surface area contributed by atoms with Gasteiger partial charge in [-0.1, -0.05) is 0 Å². The van der Waals surface area contributed by atoms with Crippen molar-refractivity contribution in [3.63, 3.8) is 0 Å². The van der Waals surface area contributed by atoms with Crippen molar-refractivity contribution in [2.45, 2.75) is 96.4 Å². The molecule has 1 N–H and O–H groups in total. The topological polar surface area (TPSA) is 156 Å². The minimum atomic E-state index is -2.07. The standard InChI is InChI=1S/C28H36N2O10S/c1-14(31)36-13-28(25(35)27-10-18-7-19(11-27)9-20(8-18)12-27)23(39-17(4)34)21(37-15(2)32)22(38-16(3)33)24(40-28)30-26-29-5-6-41-26/h5-6,18-24H,7-13H2,1-4H3,(H,29,30)/t18?,19?,20?,21-,22+,23+,24+,27?,28-/m1/s1. The molecule has 2 heterocycles. The molecule has 12 nitrogen and oxygen atoms in total. The number of Topliss-reactive ketones (excluding diaryl/α,β-unsaturated/α-hetero) is 1. The maximum atomic E-state index is 15.1. The van der Waals surface area contributed by atoms with Gasteiger partial charge in [0.05, 0.1) is 0 Å². The molecule has 1 aliphatic heterocycles. The second-order valence-corrected chi connectivity index (χ2v) is 12.8. The number of thiazole rings is 1. The minimum Gasteiger partial charge on any atom is -0.462 e. The maximum Gasteiger partial charge on any atom is 0.303 e. The Labute approximate surface area is 241 Å². The third kappa shape index (κ3) is 5.83. The van der Waals surface area contributed by atoms with Crippen molar-refractivity contribution in [2.75, 3.05) is 11.9 Å². The number of nitrogens with zero attached hydrogens (tertiary/aromatic N) is 1. The second kappa shape index (κ2) is 11.3. The number of nitrogens with one attached hydrogen (secondary N) is 1. The molecule has 6 rings (SSSR count). The number of hydrogen-bond acceptors (Lipinski definition) is 13. The van der Waals surface area contributed by atoms with Crippen molar-refractivity contribution in [1.29, 1.82) is 0 Å². The molecular formula is C28H36N2O10S. The van der Waals surface area contributed by atoms with E-state index in [-0.39, 0.29) is 5.78 Å². The van der Waals surface area contributed by atoms with E-state index in [1.165, 1.54) is 25.2 Å². The Hall–Kier alpha value is -3.06. The fourth-order valence-corrected chi connectivity index (χ4v) is 8.45. The van der Waals surface area contributed by atoms with Crippen LogP contribution in [0, 0.1) is 23.2 Å². The number of ether oxygens (including phenoxy) is 5. The first kappa shape index (κ1) is 29.4. The third-order valence-corrected chi connectivity index (χ3v) is 9.41. The number of anilines is 1. The molecule has 5 fully saturated rings. The normalized spacial score (nSPS) is 37.1. The van der Waals surface area contributed by atoms with Crippen LogP contribution in [0.2, 0.25) is 0 Å². The first-order valence-corrected chi connectivity index (χ1v) is 14.8. The van der Waals surface area contributed by atoms with Crippen molar-refractivity contribution >= 4 is 46.1 Å². The molecule has 0 spiro atoms. The molecule has 0 amide bonds. The predicted octanol–water partition coefficient (Wildman–Crippen LogP) is 2.79. The Balaban J connectivity index is 1.66. The Kier molecular flexibility index (Phi) is 8.12. The lowest BCUT2D eigenvalue weighted by Crippen LogP contribution is -2.75. The van der Waals surface area contributed by atoms with Crippen LogP contribution in [0.25, 0.3) is 0 Å². The summed E-state index contributed by atoms with van der Waals surface area (Å²) in [5, 5.41) is 5.14. The first-order valence-electron chi connectivity index (χ1n) is 13.9. The number of ketones is 1. The number of hydrogen-bond donors (Lipinski definition) is 1. The van der Waals surface area contributed by atoms with E-state index in [0.717, 1.165) is 33.1 Å². The van der Waals surface area contributed by atoms with Crippen molar-refractivity contribution in [3.8, 4) is 0 Å². The van der Waals surface area contributed by atoms with Crippen LogP contribution in [0.3, 0.4) is 0 Å². The van der Waals surface area contributed by atoms with Crippen molar-refractivity contribution < 1.29 is 47.7 Å². The highest BCUT2D eigenvalue weighted by atomic mass is 32.1. The molecule has 0 aromatic carbocycles. The predicted molar refractivity (Wildman–Crippen MR) is 142 cm³/mol. The van der Waals surface area contributed by atoms with Gasteiger partial charge < -0.3 is 29.0 Å². The van der Waals surface area contributed by atoms with E-state index in [2.05, 4.69) is 10.3 Å². The molecular weight excluding hydrogens is 556 g/mol. The van der Waals surface area contributed by atoms with Gasteiger partial charge >= 0.3 is 23.9 Å². The Bertz CT molecular complexity index is 1170. The summed E-state index contributed by atoms with van der Waals surface area (Å²) in [7, 11) is 0. The van der Waals surface area contributed by atoms with Crippen LogP contribution in [-0.2, 0) is 47.7 Å². The fourth-order valence-electron chi connectivity index (χ4n) is 7.89. The van der Waals surface area contributed by atoms with E-state index >= 15 is 4.79 Å². The van der Waals surface area contributed by atoms with Crippen LogP contribution in [-0.4, -0.2) is 71.4 Å². The quantitative estimate of drug-likeness (QED) is 0.331. The van der Waals surface area contributed by atoms with Crippen LogP contribution < -0.4 is 5.32 Å². The van der Waals surface area contributed by atoms with Gasteiger partial charge in [-0.3, -0.25) is 24.0 Å². The molecule has 4 saturated carbocycles. The van der Waals surface area contributed by atoms with E-state index in [1.807, 2.05) is 0 Å². The van der Waals surface area contributed by atoms with Crippen molar-refractivity contribution in [2.24, 2.45) is 23.2 Å². The van der Waals surface area contributed by atoms with Crippen LogP contribution in [0.1, 0.15) is 66.2 Å². The smallest absolute Gasteiger partial charge is 0.303 e. The second-order valence-electron chi connectivity index (χ2n) is 11.9. The molecule has 41 heavy (non-hydrogen) atoms. The lowest BCUT2D eigenvalue weighted by Gasteiger charge is -2.59. The number of rotatable bonds is 9. The van der Waals surface area contributed by atoms with Gasteiger partial charge in [0.25, 0.3) is 0 Å². The average Bonchev–Trinajstić information content (AvgIpc) is 3.38. The zero-order valence-corrected chi connectivity index (χ0v) is 24.4. The summed E-state index contributed by atoms with van der Waals surface area (Å²) in [5.41, 5.74) is -2.87. The van der Waals surface area contributed by atoms with E-state index in [1.54, 1.807) is 11.6 Å². The summed E-state index contributed by atoms with van der Waals surface area (Å²) in [6.45, 7) is 4.08. The molecule has 4 bridgehead atoms. The zero-order valence-electron chi connectivity index (χ0n) is 23.6. The lowest BCUT2D eigenvalue weighted by atomic mass is 9.47. The number of esters is 4. The van der Waals surface area contributed by atoms with Gasteiger partial charge in [0.15, 0.2) is 35.5 Å². The summed E-state index contributed by atoms with van der Waals surface area (Å²) >= 11 is 1.23. The average molecular weight is 593 g/mol. The lowest BCUT2D eigenvalue weighted by molar-refractivity contribution is -0.280. The number of carbonyl (C=O) groups is 5. The Morgan fingerprint density at radius 2 is 1.44 bits per heavy atom. The highest BCUT2D eigenvalue weighted by Crippen LogP contribution is 2.62. The third-order valence-electron chi connectivity index (χ3n) is 8.71. The molecule has 1 saturated heterocycles. The molecule has 5 atom stereocenters. The molecule has 0 unspecified atom stereocenters. The monoisotopic (exact) mass is 592 g/mol. The van der Waals surface area contributed by atoms with Crippen LogP contribution in [0.4, 0.5) is 5.13 Å². The van der Waals surface area contributed by atoms with Crippen LogP contribution in [0.15, 0.2) is 11.6 Å². The molecule has 5 aliphatic rings. The summed E-state index contributed by atoms with van der Waals surface area (Å²) < 4.78 is 29.1. The Morgan fingerprint density at radius 1 is 0.878 bits per heavy atom. The SMILES string of the molecule is CC(=O)OC[C@@]1(C(=O)C23CC4CC(CC(C4)C2)C3)O[C@H](Nc2nccs2)[C@@H](OC(C)=O)[C@@H](OC(C)=O)[C@@H]1OC(C)=O. The molecule has 4 aliphatic carbocycles. The highest BCUT2D eigenvalue weighted by molar-refractivity contribution is 7.13. The maximum absolute atomic E-state index is 15.1. The first-order chi connectivity index (χ1) is 19.4. The summed E-state index contributed by atoms with van der Waals surface area (Å²) in [4.78, 5) is 68.7. The largest absolute Gasteiger partial charge is 0.462 e.